The van der Waals surface area contributed by atoms with Crippen molar-refractivity contribution in [1.82, 2.24) is 15.2 Å². The van der Waals surface area contributed by atoms with Gasteiger partial charge >= 0.3 is 5.97 Å². The maximum Gasteiger partial charge on any atom is 0.303 e. The molecule has 0 unspecified atom stereocenters. The van der Waals surface area contributed by atoms with E-state index in [2.05, 4.69) is 10.6 Å². The van der Waals surface area contributed by atoms with Gasteiger partial charge in [-0.15, -0.1) is 0 Å². The molecule has 0 aliphatic carbocycles. The number of aliphatic carboxylic acids is 1. The van der Waals surface area contributed by atoms with Gasteiger partial charge in [-0.3, -0.25) is 23.7 Å². The number of amides is 2. The third-order valence-electron chi connectivity index (χ3n) is 5.99. The van der Waals surface area contributed by atoms with Crippen LogP contribution in [-0.2, 0) is 20.8 Å². The Labute approximate surface area is 219 Å². The number of benzene rings is 2. The molecule has 2 amide bonds. The zero-order valence-corrected chi connectivity index (χ0v) is 21.6. The maximum atomic E-state index is 13.4. The molecule has 0 spiro atoms. The minimum atomic E-state index is -1.01. The molecule has 0 radical (unpaired) electrons. The second-order valence-electron chi connectivity index (χ2n) is 8.57. The Morgan fingerprint density at radius 1 is 0.946 bits per heavy atom. The number of fused-ring (bicyclic) bond motifs is 1. The van der Waals surface area contributed by atoms with Crippen molar-refractivity contribution in [2.24, 2.45) is 0 Å². The average molecular weight is 528 g/mol. The molecule has 3 aromatic rings. The Balaban J connectivity index is 1.66. The standard InChI is InChI=1S/C27H30ClN3O6/c1-17-21(16-25(33)30-14-4-3-13-29-24(32)11-12-26(34)35)22-15-20(37-2)9-10-23(22)31(17)27(36)18-5-7-19(28)8-6-18/h5-10,15H,3-4,11-14,16H2,1-2H3,(H,29,32)(H,30,33)(H,34,35). The van der Waals surface area contributed by atoms with Gasteiger partial charge in [-0.2, -0.15) is 0 Å². The van der Waals surface area contributed by atoms with Gasteiger partial charge in [-0.25, -0.2) is 0 Å². The first-order valence-corrected chi connectivity index (χ1v) is 12.3. The molecule has 37 heavy (non-hydrogen) atoms. The van der Waals surface area contributed by atoms with Crippen LogP contribution in [0.5, 0.6) is 5.75 Å². The van der Waals surface area contributed by atoms with E-state index < -0.39 is 5.97 Å². The second-order valence-corrected chi connectivity index (χ2v) is 9.01. The van der Waals surface area contributed by atoms with Crippen molar-refractivity contribution >= 4 is 46.2 Å². The van der Waals surface area contributed by atoms with E-state index in [1.54, 1.807) is 48.1 Å². The minimum absolute atomic E-state index is 0.0513. The van der Waals surface area contributed by atoms with Crippen LogP contribution in [-0.4, -0.2) is 53.6 Å². The average Bonchev–Trinajstić information content (AvgIpc) is 3.14. The van der Waals surface area contributed by atoms with E-state index in [0.29, 0.717) is 53.5 Å². The number of hydrogen-bond acceptors (Lipinski definition) is 5. The molecular formula is C27H30ClN3O6. The summed E-state index contributed by atoms with van der Waals surface area (Å²) in [4.78, 5) is 48.2. The lowest BCUT2D eigenvalue weighted by atomic mass is 10.1. The predicted octanol–water partition coefficient (Wildman–Crippen LogP) is 3.72. The largest absolute Gasteiger partial charge is 0.497 e. The van der Waals surface area contributed by atoms with Crippen LogP contribution in [0.1, 0.15) is 47.3 Å². The first kappa shape index (κ1) is 27.7. The number of carboxylic acid groups (broad SMARTS) is 1. The normalized spacial score (nSPS) is 10.8. The molecule has 0 aliphatic heterocycles. The molecule has 0 fully saturated rings. The molecule has 0 saturated heterocycles. The van der Waals surface area contributed by atoms with Crippen molar-refractivity contribution < 1.29 is 29.0 Å². The van der Waals surface area contributed by atoms with Crippen molar-refractivity contribution in [3.8, 4) is 5.75 Å². The lowest BCUT2D eigenvalue weighted by Crippen LogP contribution is -2.28. The fourth-order valence-electron chi connectivity index (χ4n) is 4.03. The van der Waals surface area contributed by atoms with E-state index in [-0.39, 0.29) is 37.0 Å². The second kappa shape index (κ2) is 12.9. The SMILES string of the molecule is COc1ccc2c(c1)c(CC(=O)NCCCCNC(=O)CCC(=O)O)c(C)n2C(=O)c1ccc(Cl)cc1. The molecule has 0 aliphatic rings. The number of unbranched alkanes of at least 4 members (excludes halogenated alkanes) is 1. The quantitative estimate of drug-likeness (QED) is 0.308. The summed E-state index contributed by atoms with van der Waals surface area (Å²) in [6.07, 6.45) is 1.13. The Bertz CT molecular complexity index is 1300. The first-order chi connectivity index (χ1) is 17.7. The molecule has 2 aromatic carbocycles. The van der Waals surface area contributed by atoms with Crippen molar-refractivity contribution in [3.63, 3.8) is 0 Å². The number of hydrogen-bond donors (Lipinski definition) is 3. The zero-order chi connectivity index (χ0) is 26.9. The fraction of sp³-hybridized carbons (Fsp3) is 0.333. The zero-order valence-electron chi connectivity index (χ0n) is 20.8. The number of halogens is 1. The highest BCUT2D eigenvalue weighted by atomic mass is 35.5. The number of carbonyl (C=O) groups excluding carboxylic acids is 3. The van der Waals surface area contributed by atoms with E-state index in [1.165, 1.54) is 0 Å². The smallest absolute Gasteiger partial charge is 0.303 e. The number of nitrogens with zero attached hydrogens (tertiary/aromatic N) is 1. The van der Waals surface area contributed by atoms with Gasteiger partial charge in [0.15, 0.2) is 0 Å². The van der Waals surface area contributed by atoms with Crippen LogP contribution < -0.4 is 15.4 Å². The van der Waals surface area contributed by atoms with Gasteiger partial charge in [-0.05, 0) is 67.8 Å². The highest BCUT2D eigenvalue weighted by molar-refractivity contribution is 6.30. The van der Waals surface area contributed by atoms with Crippen molar-refractivity contribution in [2.75, 3.05) is 20.2 Å². The number of aromatic nitrogens is 1. The van der Waals surface area contributed by atoms with E-state index in [4.69, 9.17) is 21.4 Å². The van der Waals surface area contributed by atoms with Crippen LogP contribution in [0.4, 0.5) is 0 Å². The molecule has 0 bridgehead atoms. The van der Waals surface area contributed by atoms with Gasteiger partial charge in [0.05, 0.1) is 25.5 Å². The van der Waals surface area contributed by atoms with Gasteiger partial charge in [0, 0.05) is 41.2 Å². The van der Waals surface area contributed by atoms with E-state index in [9.17, 15) is 19.2 Å². The monoisotopic (exact) mass is 527 g/mol. The van der Waals surface area contributed by atoms with E-state index in [1.807, 2.05) is 13.0 Å². The molecule has 3 rings (SSSR count). The summed E-state index contributed by atoms with van der Waals surface area (Å²) >= 11 is 5.98. The summed E-state index contributed by atoms with van der Waals surface area (Å²) in [6.45, 7) is 2.65. The number of carbonyl (C=O) groups is 4. The fourth-order valence-corrected chi connectivity index (χ4v) is 4.16. The molecule has 0 saturated carbocycles. The molecule has 9 nitrogen and oxygen atoms in total. The van der Waals surface area contributed by atoms with E-state index >= 15 is 0 Å². The van der Waals surface area contributed by atoms with Gasteiger partial charge in [0.25, 0.3) is 5.91 Å². The molecule has 1 heterocycles. The summed E-state index contributed by atoms with van der Waals surface area (Å²) < 4.78 is 6.97. The highest BCUT2D eigenvalue weighted by Gasteiger charge is 2.22. The Morgan fingerprint density at radius 2 is 1.59 bits per heavy atom. The Morgan fingerprint density at radius 3 is 2.22 bits per heavy atom. The van der Waals surface area contributed by atoms with Crippen LogP contribution >= 0.6 is 11.6 Å². The van der Waals surface area contributed by atoms with Gasteiger partial charge in [0.1, 0.15) is 5.75 Å². The summed E-state index contributed by atoms with van der Waals surface area (Å²) in [7, 11) is 1.56. The van der Waals surface area contributed by atoms with Crippen LogP contribution in [0.3, 0.4) is 0 Å². The van der Waals surface area contributed by atoms with E-state index in [0.717, 1.165) is 10.9 Å². The third-order valence-corrected chi connectivity index (χ3v) is 6.24. The van der Waals surface area contributed by atoms with Crippen molar-refractivity contribution in [2.45, 2.75) is 39.0 Å². The topological polar surface area (TPSA) is 127 Å². The van der Waals surface area contributed by atoms with Crippen LogP contribution in [0.25, 0.3) is 10.9 Å². The lowest BCUT2D eigenvalue weighted by Gasteiger charge is -2.09. The molecular weight excluding hydrogens is 498 g/mol. The number of carboxylic acids is 1. The molecule has 1 aromatic heterocycles. The van der Waals surface area contributed by atoms with Crippen LogP contribution in [0.15, 0.2) is 42.5 Å². The van der Waals surface area contributed by atoms with Gasteiger partial charge in [-0.1, -0.05) is 11.6 Å². The molecule has 10 heteroatoms. The Kier molecular flexibility index (Phi) is 9.68. The summed E-state index contributed by atoms with van der Waals surface area (Å²) in [6, 6.07) is 12.1. The van der Waals surface area contributed by atoms with Crippen molar-refractivity contribution in [1.29, 1.82) is 0 Å². The van der Waals surface area contributed by atoms with Gasteiger partial charge in [0.2, 0.25) is 11.8 Å². The summed E-state index contributed by atoms with van der Waals surface area (Å²) in [5.74, 6) is -1.10. The number of ether oxygens (including phenoxy) is 1. The minimum Gasteiger partial charge on any atom is -0.497 e. The highest BCUT2D eigenvalue weighted by Crippen LogP contribution is 2.30. The lowest BCUT2D eigenvalue weighted by molar-refractivity contribution is -0.138. The molecule has 3 N–H and O–H groups in total. The Hall–Kier alpha value is -3.85. The first-order valence-electron chi connectivity index (χ1n) is 11.9. The number of nitrogens with one attached hydrogen (secondary N) is 2. The van der Waals surface area contributed by atoms with Crippen molar-refractivity contribution in [3.05, 3.63) is 64.3 Å². The van der Waals surface area contributed by atoms with Crippen LogP contribution in [0.2, 0.25) is 5.02 Å². The number of methoxy groups -OCH3 is 1. The number of rotatable bonds is 12. The summed E-state index contributed by atoms with van der Waals surface area (Å²) in [5, 5.41) is 15.5. The predicted molar refractivity (Wildman–Crippen MR) is 140 cm³/mol. The van der Waals surface area contributed by atoms with Crippen LogP contribution in [0, 0.1) is 6.92 Å². The third kappa shape index (κ3) is 7.33. The molecule has 196 valence electrons. The summed E-state index contributed by atoms with van der Waals surface area (Å²) in [5.41, 5.74) is 2.56. The maximum absolute atomic E-state index is 13.4. The molecule has 0 atom stereocenters. The van der Waals surface area contributed by atoms with Gasteiger partial charge < -0.3 is 20.5 Å².